The number of aryl methyl sites for hydroxylation is 1. The normalized spacial score (nSPS) is 21.9. The van der Waals surface area contributed by atoms with Crippen molar-refractivity contribution in [2.24, 2.45) is 0 Å². The number of carbonyl (C=O) groups is 2. The number of nitrogens with zero attached hydrogens (tertiary/aromatic N) is 1. The molecule has 2 amide bonds. The monoisotopic (exact) mass is 310 g/mol. The van der Waals surface area contributed by atoms with E-state index in [1.807, 2.05) is 13.0 Å². The second kappa shape index (κ2) is 7.04. The molecule has 6 heteroatoms. The molecule has 1 aromatic heterocycles. The van der Waals surface area contributed by atoms with Crippen LogP contribution in [0.25, 0.3) is 0 Å². The first-order chi connectivity index (χ1) is 9.99. The molecule has 0 aromatic carbocycles. The van der Waals surface area contributed by atoms with Crippen LogP contribution in [0.3, 0.4) is 0 Å². The summed E-state index contributed by atoms with van der Waals surface area (Å²) in [5.41, 5.74) is 0. The second-order valence-electron chi connectivity index (χ2n) is 5.52. The van der Waals surface area contributed by atoms with E-state index in [4.69, 9.17) is 0 Å². The minimum Gasteiger partial charge on any atom is -0.391 e. The maximum atomic E-state index is 12.1. The van der Waals surface area contributed by atoms with Crippen LogP contribution in [0.15, 0.2) is 12.1 Å². The molecular formula is C15H22N2O3S. The molecule has 5 nitrogen and oxygen atoms in total. The van der Waals surface area contributed by atoms with Gasteiger partial charge < -0.3 is 15.3 Å². The van der Waals surface area contributed by atoms with Gasteiger partial charge in [0.1, 0.15) is 0 Å². The maximum Gasteiger partial charge on any atom is 0.261 e. The number of aliphatic hydroxyl groups excluding tert-OH is 1. The third-order valence-electron chi connectivity index (χ3n) is 3.95. The van der Waals surface area contributed by atoms with Crippen molar-refractivity contribution in [3.63, 3.8) is 0 Å². The smallest absolute Gasteiger partial charge is 0.261 e. The van der Waals surface area contributed by atoms with Gasteiger partial charge >= 0.3 is 0 Å². The van der Waals surface area contributed by atoms with E-state index in [0.29, 0.717) is 4.88 Å². The van der Waals surface area contributed by atoms with Crippen molar-refractivity contribution in [1.29, 1.82) is 0 Å². The van der Waals surface area contributed by atoms with Crippen molar-refractivity contribution in [3.05, 3.63) is 21.9 Å². The second-order valence-corrected chi connectivity index (χ2v) is 6.80. The van der Waals surface area contributed by atoms with Crippen molar-refractivity contribution in [2.45, 2.75) is 44.8 Å². The largest absolute Gasteiger partial charge is 0.391 e. The number of hydrogen-bond donors (Lipinski definition) is 2. The average Bonchev–Trinajstić information content (AvgIpc) is 2.91. The summed E-state index contributed by atoms with van der Waals surface area (Å²) in [7, 11) is 1.70. The summed E-state index contributed by atoms with van der Waals surface area (Å²) in [4.78, 5) is 27.3. The summed E-state index contributed by atoms with van der Waals surface area (Å²) >= 11 is 1.41. The predicted molar refractivity (Wildman–Crippen MR) is 82.4 cm³/mol. The van der Waals surface area contributed by atoms with Crippen LogP contribution in [-0.2, 0) is 4.79 Å². The number of amides is 2. The van der Waals surface area contributed by atoms with Crippen LogP contribution in [0.5, 0.6) is 0 Å². The highest BCUT2D eigenvalue weighted by Crippen LogP contribution is 2.22. The number of rotatable bonds is 4. The molecule has 1 aromatic rings. The van der Waals surface area contributed by atoms with Gasteiger partial charge in [-0.05, 0) is 31.9 Å². The topological polar surface area (TPSA) is 69.6 Å². The summed E-state index contributed by atoms with van der Waals surface area (Å²) in [6, 6.07) is 3.51. The Hall–Kier alpha value is -1.40. The summed E-state index contributed by atoms with van der Waals surface area (Å²) in [5, 5.41) is 12.6. The summed E-state index contributed by atoms with van der Waals surface area (Å²) in [6.07, 6.45) is 3.14. The highest BCUT2D eigenvalue weighted by Gasteiger charge is 2.29. The van der Waals surface area contributed by atoms with Crippen LogP contribution >= 0.6 is 11.3 Å². The zero-order valence-electron chi connectivity index (χ0n) is 12.5. The molecule has 1 aliphatic carbocycles. The molecule has 2 N–H and O–H groups in total. The molecule has 2 unspecified atom stereocenters. The summed E-state index contributed by atoms with van der Waals surface area (Å²) in [5.74, 6) is -0.387. The molecule has 0 spiro atoms. The van der Waals surface area contributed by atoms with E-state index >= 15 is 0 Å². The molecule has 2 atom stereocenters. The van der Waals surface area contributed by atoms with Crippen LogP contribution in [0.4, 0.5) is 0 Å². The van der Waals surface area contributed by atoms with Gasteiger partial charge in [-0.1, -0.05) is 12.8 Å². The predicted octanol–water partition coefficient (Wildman–Crippen LogP) is 1.55. The van der Waals surface area contributed by atoms with Gasteiger partial charge in [-0.25, -0.2) is 0 Å². The fraction of sp³-hybridized carbons (Fsp3) is 0.600. The van der Waals surface area contributed by atoms with Crippen LogP contribution in [0, 0.1) is 6.92 Å². The first kappa shape index (κ1) is 16.0. The van der Waals surface area contributed by atoms with Gasteiger partial charge in [-0.15, -0.1) is 11.3 Å². The molecule has 116 valence electrons. The van der Waals surface area contributed by atoms with Crippen LogP contribution in [0.2, 0.25) is 0 Å². The molecule has 1 fully saturated rings. The number of hydrogen-bond acceptors (Lipinski definition) is 4. The Balaban J connectivity index is 1.84. The fourth-order valence-corrected chi connectivity index (χ4v) is 3.44. The van der Waals surface area contributed by atoms with E-state index in [1.54, 1.807) is 18.0 Å². The van der Waals surface area contributed by atoms with Crippen LogP contribution < -0.4 is 5.32 Å². The molecule has 0 aliphatic heterocycles. The van der Waals surface area contributed by atoms with Gasteiger partial charge in [0.2, 0.25) is 5.91 Å². The lowest BCUT2D eigenvalue weighted by Gasteiger charge is -2.35. The minimum absolute atomic E-state index is 0.0322. The molecular weight excluding hydrogens is 288 g/mol. The number of likely N-dealkylation sites (N-methyl/N-ethyl adjacent to an activating group) is 1. The number of carbonyl (C=O) groups excluding carboxylic acids is 2. The van der Waals surface area contributed by atoms with Gasteiger partial charge in [0.15, 0.2) is 0 Å². The fourth-order valence-electron chi connectivity index (χ4n) is 2.65. The lowest BCUT2D eigenvalue weighted by Crippen LogP contribution is -2.49. The zero-order valence-corrected chi connectivity index (χ0v) is 13.3. The first-order valence-corrected chi connectivity index (χ1v) is 8.09. The van der Waals surface area contributed by atoms with Crippen molar-refractivity contribution in [2.75, 3.05) is 13.6 Å². The Kier molecular flexibility index (Phi) is 5.36. The van der Waals surface area contributed by atoms with E-state index < -0.39 is 6.10 Å². The van der Waals surface area contributed by atoms with Gasteiger partial charge in [-0.3, -0.25) is 9.59 Å². The van der Waals surface area contributed by atoms with Crippen LogP contribution in [0.1, 0.15) is 40.2 Å². The molecule has 0 saturated heterocycles. The molecule has 1 heterocycles. The molecule has 1 aliphatic rings. The third-order valence-corrected chi connectivity index (χ3v) is 4.95. The van der Waals surface area contributed by atoms with E-state index in [-0.39, 0.29) is 24.4 Å². The van der Waals surface area contributed by atoms with Crippen LogP contribution in [-0.4, -0.2) is 47.6 Å². The van der Waals surface area contributed by atoms with Crippen molar-refractivity contribution in [3.8, 4) is 0 Å². The average molecular weight is 310 g/mol. The Bertz CT molecular complexity index is 515. The standard InChI is InChI=1S/C15H22N2O3S/c1-10-7-8-13(21-10)15(20)16-9-14(19)17(2)11-5-3-4-6-12(11)18/h7-8,11-12,18H,3-6,9H2,1-2H3,(H,16,20). The van der Waals surface area contributed by atoms with E-state index in [2.05, 4.69) is 5.32 Å². The van der Waals surface area contributed by atoms with E-state index in [9.17, 15) is 14.7 Å². The molecule has 1 saturated carbocycles. The Morgan fingerprint density at radius 1 is 1.38 bits per heavy atom. The van der Waals surface area contributed by atoms with E-state index in [1.165, 1.54) is 11.3 Å². The SMILES string of the molecule is Cc1ccc(C(=O)NCC(=O)N(C)C2CCCCC2O)s1. The number of nitrogens with one attached hydrogen (secondary N) is 1. The number of thiophene rings is 1. The molecule has 21 heavy (non-hydrogen) atoms. The first-order valence-electron chi connectivity index (χ1n) is 7.27. The van der Waals surface area contributed by atoms with E-state index in [0.717, 1.165) is 30.6 Å². The Labute approximate surface area is 129 Å². The lowest BCUT2D eigenvalue weighted by molar-refractivity contribution is -0.134. The zero-order chi connectivity index (χ0) is 15.4. The third kappa shape index (κ3) is 4.04. The Morgan fingerprint density at radius 3 is 2.71 bits per heavy atom. The van der Waals surface area contributed by atoms with Gasteiger partial charge in [0.25, 0.3) is 5.91 Å². The quantitative estimate of drug-likeness (QED) is 0.886. The highest BCUT2D eigenvalue weighted by atomic mass is 32.1. The highest BCUT2D eigenvalue weighted by molar-refractivity contribution is 7.13. The Morgan fingerprint density at radius 2 is 2.10 bits per heavy atom. The van der Waals surface area contributed by atoms with Gasteiger partial charge in [0, 0.05) is 11.9 Å². The number of aliphatic hydroxyl groups is 1. The minimum atomic E-state index is -0.455. The summed E-state index contributed by atoms with van der Waals surface area (Å²) in [6.45, 7) is 1.90. The molecule has 0 bridgehead atoms. The van der Waals surface area contributed by atoms with Crippen molar-refractivity contribution < 1.29 is 14.7 Å². The summed E-state index contributed by atoms with van der Waals surface area (Å²) < 4.78 is 0. The van der Waals surface area contributed by atoms with Gasteiger partial charge in [-0.2, -0.15) is 0 Å². The van der Waals surface area contributed by atoms with Crippen molar-refractivity contribution >= 4 is 23.2 Å². The maximum absolute atomic E-state index is 12.1. The molecule has 0 radical (unpaired) electrons. The lowest BCUT2D eigenvalue weighted by atomic mass is 9.91. The van der Waals surface area contributed by atoms with Gasteiger partial charge in [0.05, 0.1) is 23.6 Å². The van der Waals surface area contributed by atoms with Crippen molar-refractivity contribution in [1.82, 2.24) is 10.2 Å². The molecule has 2 rings (SSSR count).